The number of aromatic nitrogens is 1. The molecule has 0 radical (unpaired) electrons. The summed E-state index contributed by atoms with van der Waals surface area (Å²) in [6.45, 7) is 0.931. The van der Waals surface area contributed by atoms with Crippen LogP contribution in [0.15, 0.2) is 34.5 Å². The fourth-order valence-electron chi connectivity index (χ4n) is 1.91. The van der Waals surface area contributed by atoms with Crippen LogP contribution in [0.4, 0.5) is 0 Å². The third-order valence-electron chi connectivity index (χ3n) is 3.09. The van der Waals surface area contributed by atoms with Crippen LogP contribution in [0, 0.1) is 0 Å². The summed E-state index contributed by atoms with van der Waals surface area (Å²) in [5.74, 6) is -0.231. The molecule has 5 N–H and O–H groups in total. The summed E-state index contributed by atoms with van der Waals surface area (Å²) in [5, 5.41) is 10.4. The SMILES string of the molecule is NCCc1nc(C(=O)NCCc2ccc(S(N)(=O)=O)cc2)cs1. The minimum absolute atomic E-state index is 0.0696. The summed E-state index contributed by atoms with van der Waals surface area (Å²) in [6.07, 6.45) is 1.24. The number of hydrogen-bond donors (Lipinski definition) is 3. The van der Waals surface area contributed by atoms with Gasteiger partial charge in [-0.15, -0.1) is 11.3 Å². The summed E-state index contributed by atoms with van der Waals surface area (Å²) < 4.78 is 22.3. The number of carbonyl (C=O) groups excluding carboxylic acids is 1. The molecule has 0 saturated carbocycles. The van der Waals surface area contributed by atoms with Crippen LogP contribution in [0.3, 0.4) is 0 Å². The van der Waals surface area contributed by atoms with Crippen LogP contribution in [0.1, 0.15) is 21.1 Å². The highest BCUT2D eigenvalue weighted by Crippen LogP contribution is 2.11. The molecule has 0 bridgehead atoms. The molecule has 1 aromatic heterocycles. The number of carbonyl (C=O) groups is 1. The van der Waals surface area contributed by atoms with Crippen molar-refractivity contribution in [3.05, 3.63) is 45.9 Å². The van der Waals surface area contributed by atoms with Crippen LogP contribution in [-0.2, 0) is 22.9 Å². The summed E-state index contributed by atoms with van der Waals surface area (Å²) >= 11 is 1.42. The quantitative estimate of drug-likeness (QED) is 0.657. The lowest BCUT2D eigenvalue weighted by molar-refractivity contribution is 0.0949. The van der Waals surface area contributed by atoms with Crippen LogP contribution in [-0.4, -0.2) is 32.4 Å². The van der Waals surface area contributed by atoms with Gasteiger partial charge in [0.25, 0.3) is 5.91 Å². The van der Waals surface area contributed by atoms with E-state index in [2.05, 4.69) is 10.3 Å². The average molecular weight is 354 g/mol. The van der Waals surface area contributed by atoms with Gasteiger partial charge in [0.05, 0.1) is 9.90 Å². The second-order valence-electron chi connectivity index (χ2n) is 4.86. The molecule has 1 heterocycles. The number of thiazole rings is 1. The molecule has 1 amide bonds. The predicted octanol–water partition coefficient (Wildman–Crippen LogP) is 0.264. The zero-order chi connectivity index (χ0) is 16.9. The Morgan fingerprint density at radius 2 is 1.91 bits per heavy atom. The Kier molecular flexibility index (Phi) is 5.83. The smallest absolute Gasteiger partial charge is 0.270 e. The third-order valence-corrected chi connectivity index (χ3v) is 4.93. The molecule has 7 nitrogen and oxygen atoms in total. The van der Waals surface area contributed by atoms with Gasteiger partial charge in [0.2, 0.25) is 10.0 Å². The van der Waals surface area contributed by atoms with E-state index in [0.29, 0.717) is 31.6 Å². The molecule has 2 aromatic rings. The maximum Gasteiger partial charge on any atom is 0.270 e. The summed E-state index contributed by atoms with van der Waals surface area (Å²) in [7, 11) is -3.68. The molecule has 0 unspecified atom stereocenters. The molecule has 9 heteroatoms. The van der Waals surface area contributed by atoms with Crippen molar-refractivity contribution in [3.63, 3.8) is 0 Å². The highest BCUT2D eigenvalue weighted by Gasteiger charge is 2.10. The van der Waals surface area contributed by atoms with Gasteiger partial charge in [0.15, 0.2) is 0 Å². The maximum absolute atomic E-state index is 11.9. The molecule has 0 aliphatic carbocycles. The van der Waals surface area contributed by atoms with E-state index in [0.717, 1.165) is 10.6 Å². The average Bonchev–Trinajstić information content (AvgIpc) is 2.96. The van der Waals surface area contributed by atoms with Gasteiger partial charge in [0, 0.05) is 18.3 Å². The van der Waals surface area contributed by atoms with Crippen LogP contribution < -0.4 is 16.2 Å². The van der Waals surface area contributed by atoms with E-state index in [1.165, 1.54) is 23.5 Å². The maximum atomic E-state index is 11.9. The van der Waals surface area contributed by atoms with Gasteiger partial charge in [0.1, 0.15) is 5.69 Å². The molecular weight excluding hydrogens is 336 g/mol. The standard InChI is InChI=1S/C14H18N4O3S2/c15-7-5-13-18-12(9-22-13)14(19)17-8-6-10-1-3-11(4-2-10)23(16,20)21/h1-4,9H,5-8,15H2,(H,17,19)(H2,16,20,21). The van der Waals surface area contributed by atoms with Gasteiger partial charge in [-0.05, 0) is 30.7 Å². The van der Waals surface area contributed by atoms with Gasteiger partial charge < -0.3 is 11.1 Å². The van der Waals surface area contributed by atoms with E-state index in [9.17, 15) is 13.2 Å². The topological polar surface area (TPSA) is 128 Å². The number of benzene rings is 1. The van der Waals surface area contributed by atoms with Crippen LogP contribution >= 0.6 is 11.3 Å². The minimum Gasteiger partial charge on any atom is -0.350 e. The van der Waals surface area contributed by atoms with Crippen molar-refractivity contribution in [2.75, 3.05) is 13.1 Å². The summed E-state index contributed by atoms with van der Waals surface area (Å²) in [5.41, 5.74) is 6.74. The molecule has 0 fully saturated rings. The second-order valence-corrected chi connectivity index (χ2v) is 7.36. The Morgan fingerprint density at radius 1 is 1.22 bits per heavy atom. The first kappa shape index (κ1) is 17.5. The summed E-state index contributed by atoms with van der Waals surface area (Å²) in [6, 6.07) is 6.25. The zero-order valence-electron chi connectivity index (χ0n) is 12.4. The lowest BCUT2D eigenvalue weighted by Gasteiger charge is -2.04. The summed E-state index contributed by atoms with van der Waals surface area (Å²) in [4.78, 5) is 16.2. The lowest BCUT2D eigenvalue weighted by atomic mass is 10.1. The number of nitrogens with two attached hydrogens (primary N) is 2. The Bertz CT molecular complexity index is 770. The number of sulfonamides is 1. The third kappa shape index (κ3) is 5.10. The minimum atomic E-state index is -3.68. The highest BCUT2D eigenvalue weighted by molar-refractivity contribution is 7.89. The van der Waals surface area contributed by atoms with Crippen molar-refractivity contribution in [2.24, 2.45) is 10.9 Å². The number of amides is 1. The second kappa shape index (κ2) is 7.64. The number of hydrogen-bond acceptors (Lipinski definition) is 6. The molecule has 0 aliphatic heterocycles. The van der Waals surface area contributed by atoms with Crippen molar-refractivity contribution in [3.8, 4) is 0 Å². The number of primary sulfonamides is 1. The van der Waals surface area contributed by atoms with Crippen molar-refractivity contribution in [1.29, 1.82) is 0 Å². The van der Waals surface area contributed by atoms with E-state index < -0.39 is 10.0 Å². The van der Waals surface area contributed by atoms with E-state index in [-0.39, 0.29) is 10.8 Å². The fraction of sp³-hybridized carbons (Fsp3) is 0.286. The van der Waals surface area contributed by atoms with Gasteiger partial charge >= 0.3 is 0 Å². The molecule has 23 heavy (non-hydrogen) atoms. The van der Waals surface area contributed by atoms with Gasteiger partial charge in [-0.3, -0.25) is 4.79 Å². The Labute approximate surface area is 138 Å². The van der Waals surface area contributed by atoms with Crippen molar-refractivity contribution >= 4 is 27.3 Å². The monoisotopic (exact) mass is 354 g/mol. The van der Waals surface area contributed by atoms with Crippen LogP contribution in [0.5, 0.6) is 0 Å². The lowest BCUT2D eigenvalue weighted by Crippen LogP contribution is -2.26. The van der Waals surface area contributed by atoms with Crippen molar-refractivity contribution < 1.29 is 13.2 Å². The van der Waals surface area contributed by atoms with Gasteiger partial charge in [-0.25, -0.2) is 18.5 Å². The Hall–Kier alpha value is -1.81. The van der Waals surface area contributed by atoms with Crippen LogP contribution in [0.25, 0.3) is 0 Å². The molecule has 2 rings (SSSR count). The van der Waals surface area contributed by atoms with E-state index in [1.54, 1.807) is 17.5 Å². The van der Waals surface area contributed by atoms with Crippen molar-refractivity contribution in [1.82, 2.24) is 10.3 Å². The predicted molar refractivity (Wildman–Crippen MR) is 88.7 cm³/mol. The zero-order valence-corrected chi connectivity index (χ0v) is 14.0. The number of rotatable bonds is 7. The number of nitrogens with one attached hydrogen (secondary N) is 1. The first-order valence-electron chi connectivity index (χ1n) is 6.94. The van der Waals surface area contributed by atoms with E-state index in [4.69, 9.17) is 10.9 Å². The normalized spacial score (nSPS) is 11.4. The fourth-order valence-corrected chi connectivity index (χ4v) is 3.22. The molecule has 0 aliphatic rings. The first-order valence-corrected chi connectivity index (χ1v) is 9.37. The first-order chi connectivity index (χ1) is 10.9. The number of nitrogens with zero attached hydrogens (tertiary/aromatic N) is 1. The molecule has 124 valence electrons. The Balaban J connectivity index is 1.85. The van der Waals surface area contributed by atoms with Gasteiger partial charge in [-0.2, -0.15) is 0 Å². The van der Waals surface area contributed by atoms with Gasteiger partial charge in [-0.1, -0.05) is 12.1 Å². The Morgan fingerprint density at radius 3 is 2.52 bits per heavy atom. The largest absolute Gasteiger partial charge is 0.350 e. The van der Waals surface area contributed by atoms with Crippen molar-refractivity contribution in [2.45, 2.75) is 17.7 Å². The molecule has 0 atom stereocenters. The van der Waals surface area contributed by atoms with Crippen LogP contribution in [0.2, 0.25) is 0 Å². The molecule has 0 spiro atoms. The van der Waals surface area contributed by atoms with E-state index in [1.807, 2.05) is 0 Å². The molecule has 0 saturated heterocycles. The molecular formula is C14H18N4O3S2. The molecule has 1 aromatic carbocycles. The highest BCUT2D eigenvalue weighted by atomic mass is 32.2. The van der Waals surface area contributed by atoms with E-state index >= 15 is 0 Å².